The molecule has 0 aromatic carbocycles. The van der Waals surface area contributed by atoms with Crippen LogP contribution in [-0.4, -0.2) is 41.0 Å². The molecule has 1 aromatic rings. The third kappa shape index (κ3) is 3.00. The van der Waals surface area contributed by atoms with E-state index in [1.807, 2.05) is 0 Å². The lowest BCUT2D eigenvalue weighted by Crippen LogP contribution is -2.29. The molecule has 0 amide bonds. The van der Waals surface area contributed by atoms with Crippen LogP contribution in [0.3, 0.4) is 0 Å². The summed E-state index contributed by atoms with van der Waals surface area (Å²) in [6, 6.07) is 2.93. The zero-order chi connectivity index (χ0) is 11.4. The van der Waals surface area contributed by atoms with Crippen LogP contribution in [0.4, 0.5) is 0 Å². The number of carboxylic acids is 1. The van der Waals surface area contributed by atoms with E-state index in [1.165, 1.54) is 12.1 Å². The lowest BCUT2D eigenvalue weighted by Gasteiger charge is -2.15. The molecule has 2 unspecified atom stereocenters. The first kappa shape index (κ1) is 12.1. The van der Waals surface area contributed by atoms with Gasteiger partial charge in [-0.2, -0.15) is 0 Å². The molecule has 0 radical (unpaired) electrons. The summed E-state index contributed by atoms with van der Waals surface area (Å²) in [7, 11) is 1.66. The molecule has 1 heterocycles. The highest BCUT2D eigenvalue weighted by atomic mass is 32.1. The SMILES string of the molecule is CNCC(O)C(O)c1ccc(C(=O)O)s1. The van der Waals surface area contributed by atoms with Crippen LogP contribution >= 0.6 is 11.3 Å². The van der Waals surface area contributed by atoms with E-state index in [4.69, 9.17) is 5.11 Å². The van der Waals surface area contributed by atoms with Crippen LogP contribution < -0.4 is 5.32 Å². The lowest BCUT2D eigenvalue weighted by molar-refractivity contribution is 0.0224. The summed E-state index contributed by atoms with van der Waals surface area (Å²) in [6.07, 6.45) is -1.98. The average Bonchev–Trinajstić information content (AvgIpc) is 2.65. The van der Waals surface area contributed by atoms with Gasteiger partial charge in [0.2, 0.25) is 0 Å². The predicted molar refractivity (Wildman–Crippen MR) is 56.2 cm³/mol. The van der Waals surface area contributed by atoms with Gasteiger partial charge in [-0.3, -0.25) is 0 Å². The number of hydrogen-bond acceptors (Lipinski definition) is 5. The van der Waals surface area contributed by atoms with E-state index in [1.54, 1.807) is 7.05 Å². The second-order valence-electron chi connectivity index (χ2n) is 3.08. The number of aliphatic hydroxyl groups is 2. The summed E-state index contributed by atoms with van der Waals surface area (Å²) >= 11 is 0.966. The van der Waals surface area contributed by atoms with Crippen LogP contribution in [0.2, 0.25) is 0 Å². The molecule has 0 spiro atoms. The molecular weight excluding hydrogens is 218 g/mol. The summed E-state index contributed by atoms with van der Waals surface area (Å²) in [4.78, 5) is 11.2. The Morgan fingerprint density at radius 3 is 2.67 bits per heavy atom. The molecule has 5 nitrogen and oxygen atoms in total. The second kappa shape index (κ2) is 5.22. The molecule has 84 valence electrons. The maximum Gasteiger partial charge on any atom is 0.345 e. The molecule has 15 heavy (non-hydrogen) atoms. The van der Waals surface area contributed by atoms with Crippen molar-refractivity contribution in [3.63, 3.8) is 0 Å². The topological polar surface area (TPSA) is 89.8 Å². The van der Waals surface area contributed by atoms with Crippen molar-refractivity contribution in [1.82, 2.24) is 5.32 Å². The number of thiophene rings is 1. The molecule has 6 heteroatoms. The third-order valence-corrected chi connectivity index (χ3v) is 3.05. The smallest absolute Gasteiger partial charge is 0.345 e. The van der Waals surface area contributed by atoms with Crippen molar-refractivity contribution in [2.75, 3.05) is 13.6 Å². The van der Waals surface area contributed by atoms with Gasteiger partial charge in [-0.15, -0.1) is 11.3 Å². The Labute approximate surface area is 91.0 Å². The second-order valence-corrected chi connectivity index (χ2v) is 4.19. The summed E-state index contributed by atoms with van der Waals surface area (Å²) in [5.41, 5.74) is 0. The molecule has 1 rings (SSSR count). The van der Waals surface area contributed by atoms with Gasteiger partial charge in [-0.05, 0) is 19.2 Å². The Hall–Kier alpha value is -0.950. The summed E-state index contributed by atoms with van der Waals surface area (Å²) in [5, 5.41) is 30.5. The van der Waals surface area contributed by atoms with Gasteiger partial charge in [0.05, 0.1) is 6.10 Å². The quantitative estimate of drug-likeness (QED) is 0.575. The number of nitrogens with one attached hydrogen (secondary N) is 1. The first-order valence-electron chi connectivity index (χ1n) is 4.40. The van der Waals surface area contributed by atoms with Gasteiger partial charge in [0.25, 0.3) is 0 Å². The van der Waals surface area contributed by atoms with Crippen LogP contribution in [0, 0.1) is 0 Å². The average molecular weight is 231 g/mol. The van der Waals surface area contributed by atoms with Gasteiger partial charge in [0.15, 0.2) is 0 Å². The molecule has 2 atom stereocenters. The summed E-state index contributed by atoms with van der Waals surface area (Å²) in [5.74, 6) is -1.03. The van der Waals surface area contributed by atoms with Crippen LogP contribution in [0.1, 0.15) is 20.7 Å². The molecule has 0 aliphatic rings. The Kier molecular flexibility index (Phi) is 4.22. The van der Waals surface area contributed by atoms with Crippen molar-refractivity contribution in [3.8, 4) is 0 Å². The van der Waals surface area contributed by atoms with Gasteiger partial charge < -0.3 is 20.6 Å². The van der Waals surface area contributed by atoms with Gasteiger partial charge in [0.1, 0.15) is 11.0 Å². The molecular formula is C9H13NO4S. The summed E-state index contributed by atoms with van der Waals surface area (Å²) in [6.45, 7) is 0.251. The third-order valence-electron chi connectivity index (χ3n) is 1.91. The van der Waals surface area contributed by atoms with E-state index < -0.39 is 18.2 Å². The number of likely N-dealkylation sites (N-methyl/N-ethyl adjacent to an activating group) is 1. The highest BCUT2D eigenvalue weighted by Crippen LogP contribution is 2.25. The number of aromatic carboxylic acids is 1. The van der Waals surface area contributed by atoms with E-state index in [-0.39, 0.29) is 11.4 Å². The predicted octanol–water partition coefficient (Wildman–Crippen LogP) is 0.0600. The standard InChI is InChI=1S/C9H13NO4S/c1-10-4-5(11)8(12)6-2-3-7(15-6)9(13)14/h2-3,5,8,10-12H,4H2,1H3,(H,13,14). The summed E-state index contributed by atoms with van der Waals surface area (Å²) < 4.78 is 0. The maximum absolute atomic E-state index is 10.6. The molecule has 0 bridgehead atoms. The number of aliphatic hydroxyl groups excluding tert-OH is 2. The molecule has 1 aromatic heterocycles. The molecule has 0 aliphatic heterocycles. The first-order chi connectivity index (χ1) is 7.06. The molecule has 4 N–H and O–H groups in total. The Balaban J connectivity index is 2.73. The van der Waals surface area contributed by atoms with Gasteiger partial charge in [-0.25, -0.2) is 4.79 Å². The molecule has 0 saturated heterocycles. The van der Waals surface area contributed by atoms with Gasteiger partial charge >= 0.3 is 5.97 Å². The Morgan fingerprint density at radius 1 is 1.53 bits per heavy atom. The van der Waals surface area contributed by atoms with Crippen molar-refractivity contribution in [3.05, 3.63) is 21.9 Å². The van der Waals surface area contributed by atoms with E-state index in [0.717, 1.165) is 11.3 Å². The number of carbonyl (C=O) groups is 1. The lowest BCUT2D eigenvalue weighted by atomic mass is 10.2. The number of rotatable bonds is 5. The Bertz CT molecular complexity index is 339. The van der Waals surface area contributed by atoms with Crippen molar-refractivity contribution in [2.45, 2.75) is 12.2 Å². The fourth-order valence-electron chi connectivity index (χ4n) is 1.14. The first-order valence-corrected chi connectivity index (χ1v) is 5.21. The maximum atomic E-state index is 10.6. The zero-order valence-corrected chi connectivity index (χ0v) is 8.99. The van der Waals surface area contributed by atoms with Crippen molar-refractivity contribution in [1.29, 1.82) is 0 Å². The molecule has 0 fully saturated rings. The van der Waals surface area contributed by atoms with Crippen LogP contribution in [-0.2, 0) is 0 Å². The van der Waals surface area contributed by atoms with Crippen molar-refractivity contribution < 1.29 is 20.1 Å². The zero-order valence-electron chi connectivity index (χ0n) is 8.17. The van der Waals surface area contributed by atoms with Crippen molar-refractivity contribution >= 4 is 17.3 Å². The monoisotopic (exact) mass is 231 g/mol. The molecule has 0 saturated carbocycles. The normalized spacial score (nSPS) is 14.9. The molecule has 0 aliphatic carbocycles. The van der Waals surface area contributed by atoms with Crippen LogP contribution in [0.15, 0.2) is 12.1 Å². The van der Waals surface area contributed by atoms with Gasteiger partial charge in [0, 0.05) is 11.4 Å². The Morgan fingerprint density at radius 2 is 2.20 bits per heavy atom. The fraction of sp³-hybridized carbons (Fsp3) is 0.444. The number of hydrogen-bond donors (Lipinski definition) is 4. The highest BCUT2D eigenvalue weighted by molar-refractivity contribution is 7.14. The van der Waals surface area contributed by atoms with E-state index >= 15 is 0 Å². The minimum absolute atomic E-state index is 0.153. The van der Waals surface area contributed by atoms with E-state index in [2.05, 4.69) is 5.32 Å². The van der Waals surface area contributed by atoms with Crippen LogP contribution in [0.5, 0.6) is 0 Å². The fourth-order valence-corrected chi connectivity index (χ4v) is 2.03. The van der Waals surface area contributed by atoms with Crippen LogP contribution in [0.25, 0.3) is 0 Å². The van der Waals surface area contributed by atoms with E-state index in [0.29, 0.717) is 4.88 Å². The van der Waals surface area contributed by atoms with E-state index in [9.17, 15) is 15.0 Å². The minimum atomic E-state index is -1.05. The van der Waals surface area contributed by atoms with Crippen molar-refractivity contribution in [2.24, 2.45) is 0 Å². The largest absolute Gasteiger partial charge is 0.477 e. The highest BCUT2D eigenvalue weighted by Gasteiger charge is 2.20. The number of carboxylic acid groups (broad SMARTS) is 1. The van der Waals surface area contributed by atoms with Gasteiger partial charge in [-0.1, -0.05) is 0 Å². The minimum Gasteiger partial charge on any atom is -0.477 e.